The quantitative estimate of drug-likeness (QED) is 0.928. The molecule has 0 bridgehead atoms. The molecular formula is C15H13ClN2O3S. The van der Waals surface area contributed by atoms with Gasteiger partial charge in [-0.15, -0.1) is 0 Å². The lowest BCUT2D eigenvalue weighted by Crippen LogP contribution is -2.13. The molecule has 0 radical (unpaired) electrons. The van der Waals surface area contributed by atoms with Crippen molar-refractivity contribution in [3.05, 3.63) is 52.5 Å². The van der Waals surface area contributed by atoms with Gasteiger partial charge < -0.3 is 4.74 Å². The summed E-state index contributed by atoms with van der Waals surface area (Å²) in [7, 11) is -2.35. The van der Waals surface area contributed by atoms with Crippen molar-refractivity contribution in [2.45, 2.75) is 11.8 Å². The Morgan fingerprint density at radius 1 is 1.23 bits per heavy atom. The molecule has 0 atom stereocenters. The summed E-state index contributed by atoms with van der Waals surface area (Å²) in [6.45, 7) is 1.77. The maximum absolute atomic E-state index is 12.4. The highest BCUT2D eigenvalue weighted by Gasteiger charge is 2.17. The van der Waals surface area contributed by atoms with Gasteiger partial charge in [0.2, 0.25) is 0 Å². The minimum atomic E-state index is -3.78. The van der Waals surface area contributed by atoms with Crippen LogP contribution >= 0.6 is 11.6 Å². The number of hydrogen-bond donors (Lipinski definition) is 1. The molecule has 0 aliphatic rings. The molecule has 0 fully saturated rings. The van der Waals surface area contributed by atoms with Crippen LogP contribution in [0.2, 0.25) is 5.02 Å². The Bertz CT molecular complexity index is 840. The van der Waals surface area contributed by atoms with Crippen LogP contribution in [0.5, 0.6) is 5.75 Å². The zero-order valence-electron chi connectivity index (χ0n) is 11.9. The van der Waals surface area contributed by atoms with Crippen molar-refractivity contribution in [2.24, 2.45) is 0 Å². The Morgan fingerprint density at radius 2 is 1.86 bits per heavy atom. The molecular weight excluding hydrogens is 324 g/mol. The van der Waals surface area contributed by atoms with Gasteiger partial charge >= 0.3 is 0 Å². The molecule has 1 N–H and O–H groups in total. The molecule has 0 aliphatic heterocycles. The van der Waals surface area contributed by atoms with E-state index < -0.39 is 10.0 Å². The van der Waals surface area contributed by atoms with E-state index in [1.54, 1.807) is 19.1 Å². The summed E-state index contributed by atoms with van der Waals surface area (Å²) in [6, 6.07) is 10.7. The molecule has 0 amide bonds. The predicted octanol–water partition coefficient (Wildman–Crippen LogP) is 3.33. The van der Waals surface area contributed by atoms with Crippen molar-refractivity contribution in [3.63, 3.8) is 0 Å². The van der Waals surface area contributed by atoms with Gasteiger partial charge in [0, 0.05) is 11.1 Å². The third-order valence-corrected chi connectivity index (χ3v) is 4.81. The Labute approximate surface area is 134 Å². The van der Waals surface area contributed by atoms with Crippen LogP contribution < -0.4 is 9.46 Å². The number of rotatable bonds is 4. The van der Waals surface area contributed by atoms with E-state index in [4.69, 9.17) is 21.6 Å². The zero-order chi connectivity index (χ0) is 16.3. The number of nitrogens with zero attached hydrogens (tertiary/aromatic N) is 1. The van der Waals surface area contributed by atoms with Crippen LogP contribution in [0.25, 0.3) is 0 Å². The Kier molecular flexibility index (Phi) is 4.59. The molecule has 5 nitrogen and oxygen atoms in total. The van der Waals surface area contributed by atoms with Crippen molar-refractivity contribution in [1.29, 1.82) is 5.26 Å². The van der Waals surface area contributed by atoms with Crippen molar-refractivity contribution in [2.75, 3.05) is 11.8 Å². The molecule has 7 heteroatoms. The number of benzene rings is 2. The van der Waals surface area contributed by atoms with Crippen LogP contribution in [0, 0.1) is 18.3 Å². The van der Waals surface area contributed by atoms with Crippen molar-refractivity contribution in [3.8, 4) is 11.8 Å². The molecule has 0 aromatic heterocycles. The largest absolute Gasteiger partial charge is 0.495 e. The van der Waals surface area contributed by atoms with E-state index >= 15 is 0 Å². The third kappa shape index (κ3) is 3.32. The summed E-state index contributed by atoms with van der Waals surface area (Å²) in [5.74, 6) is 0.327. The fraction of sp³-hybridized carbons (Fsp3) is 0.133. The molecule has 0 unspecified atom stereocenters. The van der Waals surface area contributed by atoms with Gasteiger partial charge in [0.05, 0.1) is 29.3 Å². The van der Waals surface area contributed by atoms with Crippen LogP contribution in [0.15, 0.2) is 41.3 Å². The zero-order valence-corrected chi connectivity index (χ0v) is 13.5. The summed E-state index contributed by atoms with van der Waals surface area (Å²) in [5, 5.41) is 9.23. The molecule has 2 aromatic rings. The first-order chi connectivity index (χ1) is 10.4. The summed E-state index contributed by atoms with van der Waals surface area (Å²) < 4.78 is 32.4. The number of halogens is 1. The number of nitriles is 1. The minimum absolute atomic E-state index is 0.0566. The predicted molar refractivity (Wildman–Crippen MR) is 84.7 cm³/mol. The van der Waals surface area contributed by atoms with E-state index in [-0.39, 0.29) is 4.90 Å². The van der Waals surface area contributed by atoms with E-state index in [9.17, 15) is 8.42 Å². The molecule has 22 heavy (non-hydrogen) atoms. The number of anilines is 1. The Hall–Kier alpha value is -2.23. The second-order valence-electron chi connectivity index (χ2n) is 4.54. The summed E-state index contributed by atoms with van der Waals surface area (Å²) in [5.41, 5.74) is 1.41. The highest BCUT2D eigenvalue weighted by atomic mass is 35.5. The fourth-order valence-electron chi connectivity index (χ4n) is 1.82. The maximum atomic E-state index is 12.4. The second-order valence-corrected chi connectivity index (χ2v) is 6.63. The first-order valence-corrected chi connectivity index (χ1v) is 8.10. The molecule has 2 aromatic carbocycles. The first kappa shape index (κ1) is 16.1. The van der Waals surface area contributed by atoms with E-state index in [1.165, 1.54) is 31.4 Å². The fourth-order valence-corrected chi connectivity index (χ4v) is 3.04. The molecule has 0 saturated carbocycles. The van der Waals surface area contributed by atoms with Gasteiger partial charge in [-0.05, 0) is 42.8 Å². The third-order valence-electron chi connectivity index (χ3n) is 3.02. The van der Waals surface area contributed by atoms with Gasteiger partial charge in [-0.2, -0.15) is 5.26 Å². The SMILES string of the molecule is COc1cc(Cl)c(C)cc1NS(=O)(=O)c1ccc(C#N)cc1. The van der Waals surface area contributed by atoms with Crippen LogP contribution in [0.1, 0.15) is 11.1 Å². The first-order valence-electron chi connectivity index (χ1n) is 6.24. The molecule has 114 valence electrons. The molecule has 2 rings (SSSR count). The van der Waals surface area contributed by atoms with Crippen LogP contribution in [0.4, 0.5) is 5.69 Å². The van der Waals surface area contributed by atoms with Crippen molar-refractivity contribution in [1.82, 2.24) is 0 Å². The lowest BCUT2D eigenvalue weighted by molar-refractivity contribution is 0.417. The number of nitrogens with one attached hydrogen (secondary N) is 1. The minimum Gasteiger partial charge on any atom is -0.495 e. The van der Waals surface area contributed by atoms with E-state index in [1.807, 2.05) is 6.07 Å². The van der Waals surface area contributed by atoms with Gasteiger partial charge in [-0.25, -0.2) is 8.42 Å². The molecule has 0 heterocycles. The Morgan fingerprint density at radius 3 is 2.41 bits per heavy atom. The van der Waals surface area contributed by atoms with Gasteiger partial charge in [0.1, 0.15) is 5.75 Å². The normalized spacial score (nSPS) is 10.8. The van der Waals surface area contributed by atoms with E-state index in [0.717, 1.165) is 5.56 Å². The standard InChI is InChI=1S/C15H13ClN2O3S/c1-10-7-14(15(21-2)8-13(10)16)18-22(19,20)12-5-3-11(9-17)4-6-12/h3-8,18H,1-2H3. The summed E-state index contributed by atoms with van der Waals surface area (Å²) in [6.07, 6.45) is 0. The number of hydrogen-bond acceptors (Lipinski definition) is 4. The lowest BCUT2D eigenvalue weighted by atomic mass is 10.2. The van der Waals surface area contributed by atoms with Crippen LogP contribution in [-0.4, -0.2) is 15.5 Å². The summed E-state index contributed by atoms with van der Waals surface area (Å²) >= 11 is 6.00. The highest BCUT2D eigenvalue weighted by Crippen LogP contribution is 2.32. The average Bonchev–Trinajstić information content (AvgIpc) is 2.50. The highest BCUT2D eigenvalue weighted by molar-refractivity contribution is 7.92. The second kappa shape index (κ2) is 6.26. The van der Waals surface area contributed by atoms with E-state index in [2.05, 4.69) is 4.72 Å². The monoisotopic (exact) mass is 336 g/mol. The number of ether oxygens (including phenoxy) is 1. The number of aryl methyl sites for hydroxylation is 1. The van der Waals surface area contributed by atoms with Gasteiger partial charge in [0.15, 0.2) is 0 Å². The van der Waals surface area contributed by atoms with Crippen molar-refractivity contribution < 1.29 is 13.2 Å². The molecule has 0 saturated heterocycles. The molecule has 0 spiro atoms. The molecule has 0 aliphatic carbocycles. The average molecular weight is 337 g/mol. The summed E-state index contributed by atoms with van der Waals surface area (Å²) in [4.78, 5) is 0.0566. The number of methoxy groups -OCH3 is 1. The van der Waals surface area contributed by atoms with Crippen LogP contribution in [0.3, 0.4) is 0 Å². The van der Waals surface area contributed by atoms with Crippen molar-refractivity contribution >= 4 is 27.3 Å². The number of sulfonamides is 1. The Balaban J connectivity index is 2.40. The van der Waals surface area contributed by atoms with Gasteiger partial charge in [-0.1, -0.05) is 11.6 Å². The van der Waals surface area contributed by atoms with Gasteiger partial charge in [0.25, 0.3) is 10.0 Å². The maximum Gasteiger partial charge on any atom is 0.262 e. The smallest absolute Gasteiger partial charge is 0.262 e. The topological polar surface area (TPSA) is 79.2 Å². The van der Waals surface area contributed by atoms with Crippen LogP contribution in [-0.2, 0) is 10.0 Å². The lowest BCUT2D eigenvalue weighted by Gasteiger charge is -2.13. The van der Waals surface area contributed by atoms with E-state index in [0.29, 0.717) is 22.0 Å². The van der Waals surface area contributed by atoms with Gasteiger partial charge in [-0.3, -0.25) is 4.72 Å².